The zero-order valence-electron chi connectivity index (χ0n) is 10.4. The number of pyridine rings is 1. The fraction of sp³-hybridized carbons (Fsp3) is 0.357. The number of aromatic nitrogens is 1. The van der Waals surface area contributed by atoms with Crippen molar-refractivity contribution in [1.82, 2.24) is 4.98 Å². The summed E-state index contributed by atoms with van der Waals surface area (Å²) in [6.07, 6.45) is 3.63. The van der Waals surface area contributed by atoms with E-state index in [1.54, 1.807) is 12.3 Å². The van der Waals surface area contributed by atoms with E-state index in [1.165, 1.54) is 0 Å². The molecule has 4 nitrogen and oxygen atoms in total. The Labute approximate surface area is 115 Å². The van der Waals surface area contributed by atoms with Crippen LogP contribution in [0.4, 0.5) is 0 Å². The average molecular weight is 279 g/mol. The molecule has 0 spiro atoms. The van der Waals surface area contributed by atoms with Gasteiger partial charge in [0, 0.05) is 17.6 Å². The molecule has 5 heteroatoms. The summed E-state index contributed by atoms with van der Waals surface area (Å²) >= 11 is 6.15. The van der Waals surface area contributed by atoms with E-state index in [2.05, 4.69) is 4.98 Å². The van der Waals surface area contributed by atoms with Crippen LogP contribution in [0.25, 0.3) is 10.8 Å². The predicted octanol–water partition coefficient (Wildman–Crippen LogP) is 2.30. The minimum atomic E-state index is -0.143. The van der Waals surface area contributed by atoms with Crippen LogP contribution in [0.1, 0.15) is 12.8 Å². The first-order chi connectivity index (χ1) is 9.13. The molecule has 1 heterocycles. The second-order valence-electron chi connectivity index (χ2n) is 5.09. The summed E-state index contributed by atoms with van der Waals surface area (Å²) in [5, 5.41) is 1.87. The number of aromatic amines is 1. The van der Waals surface area contributed by atoms with E-state index < -0.39 is 0 Å². The van der Waals surface area contributed by atoms with E-state index >= 15 is 0 Å². The van der Waals surface area contributed by atoms with Crippen molar-refractivity contribution in [1.29, 1.82) is 0 Å². The third kappa shape index (κ3) is 2.46. The van der Waals surface area contributed by atoms with Gasteiger partial charge in [0.25, 0.3) is 5.56 Å². The standard InChI is InChI=1S/C14H15ClN2O2/c15-12-6-11-9(1-2-17-14(11)18)5-13(12)19-7-8-3-10(16)4-8/h1-2,5-6,8,10H,3-4,7,16H2,(H,17,18)/t8-,10-. The summed E-state index contributed by atoms with van der Waals surface area (Å²) in [5.41, 5.74) is 5.60. The molecule has 0 atom stereocenters. The molecular weight excluding hydrogens is 264 g/mol. The summed E-state index contributed by atoms with van der Waals surface area (Å²) in [6.45, 7) is 0.627. The van der Waals surface area contributed by atoms with Crippen LogP contribution in [-0.2, 0) is 0 Å². The molecule has 100 valence electrons. The molecule has 19 heavy (non-hydrogen) atoms. The molecule has 0 aliphatic heterocycles. The number of hydrogen-bond donors (Lipinski definition) is 2. The van der Waals surface area contributed by atoms with Crippen molar-refractivity contribution in [3.63, 3.8) is 0 Å². The first kappa shape index (κ1) is 12.5. The van der Waals surface area contributed by atoms with Crippen molar-refractivity contribution >= 4 is 22.4 Å². The number of halogens is 1. The second-order valence-corrected chi connectivity index (χ2v) is 5.49. The molecule has 3 rings (SSSR count). The molecule has 1 saturated carbocycles. The Bertz CT molecular complexity index is 662. The van der Waals surface area contributed by atoms with E-state index in [4.69, 9.17) is 22.1 Å². The van der Waals surface area contributed by atoms with Crippen molar-refractivity contribution in [3.05, 3.63) is 39.8 Å². The van der Waals surface area contributed by atoms with Crippen LogP contribution in [0.5, 0.6) is 5.75 Å². The molecular formula is C14H15ClN2O2. The molecule has 0 amide bonds. The lowest BCUT2D eigenvalue weighted by atomic mass is 9.82. The van der Waals surface area contributed by atoms with Gasteiger partial charge in [0.05, 0.1) is 11.6 Å². The van der Waals surface area contributed by atoms with Crippen LogP contribution in [0.15, 0.2) is 29.2 Å². The highest BCUT2D eigenvalue weighted by Gasteiger charge is 2.26. The maximum Gasteiger partial charge on any atom is 0.255 e. The first-order valence-corrected chi connectivity index (χ1v) is 6.70. The number of fused-ring (bicyclic) bond motifs is 1. The van der Waals surface area contributed by atoms with Crippen LogP contribution in [0, 0.1) is 5.92 Å². The summed E-state index contributed by atoms with van der Waals surface area (Å²) in [4.78, 5) is 14.3. The molecule has 0 saturated heterocycles. The number of benzene rings is 1. The van der Waals surface area contributed by atoms with E-state index in [9.17, 15) is 4.79 Å². The lowest BCUT2D eigenvalue weighted by Gasteiger charge is -2.32. The molecule has 0 radical (unpaired) electrons. The molecule has 0 bridgehead atoms. The molecule has 1 aromatic carbocycles. The Kier molecular flexibility index (Phi) is 3.21. The summed E-state index contributed by atoms with van der Waals surface area (Å²) < 4.78 is 5.74. The fourth-order valence-corrected chi connectivity index (χ4v) is 2.65. The maximum absolute atomic E-state index is 11.6. The van der Waals surface area contributed by atoms with Gasteiger partial charge in [-0.25, -0.2) is 0 Å². The summed E-state index contributed by atoms with van der Waals surface area (Å²) in [5.74, 6) is 1.14. The zero-order valence-corrected chi connectivity index (χ0v) is 11.1. The van der Waals surface area contributed by atoms with Gasteiger partial charge in [0.15, 0.2) is 0 Å². The number of nitrogens with one attached hydrogen (secondary N) is 1. The highest BCUT2D eigenvalue weighted by atomic mass is 35.5. The Hall–Kier alpha value is -1.52. The van der Waals surface area contributed by atoms with Crippen molar-refractivity contribution in [3.8, 4) is 5.75 Å². The monoisotopic (exact) mass is 278 g/mol. The number of H-pyrrole nitrogens is 1. The zero-order chi connectivity index (χ0) is 13.4. The van der Waals surface area contributed by atoms with Gasteiger partial charge in [0.2, 0.25) is 0 Å². The van der Waals surface area contributed by atoms with Crippen LogP contribution >= 0.6 is 11.6 Å². The summed E-state index contributed by atoms with van der Waals surface area (Å²) in [7, 11) is 0. The van der Waals surface area contributed by atoms with E-state index in [-0.39, 0.29) is 5.56 Å². The number of nitrogens with two attached hydrogens (primary N) is 1. The van der Waals surface area contributed by atoms with Gasteiger partial charge in [0.1, 0.15) is 5.75 Å². The van der Waals surface area contributed by atoms with Gasteiger partial charge in [-0.15, -0.1) is 0 Å². The predicted molar refractivity (Wildman–Crippen MR) is 75.8 cm³/mol. The molecule has 1 fully saturated rings. The normalized spacial score (nSPS) is 22.2. The third-order valence-electron chi connectivity index (χ3n) is 3.57. The van der Waals surface area contributed by atoms with Crippen LogP contribution in [-0.4, -0.2) is 17.6 Å². The number of hydrogen-bond acceptors (Lipinski definition) is 3. The quantitative estimate of drug-likeness (QED) is 0.905. The molecule has 1 aromatic heterocycles. The summed E-state index contributed by atoms with van der Waals surface area (Å²) in [6, 6.07) is 5.61. The van der Waals surface area contributed by atoms with E-state index in [1.807, 2.05) is 12.1 Å². The van der Waals surface area contributed by atoms with E-state index in [0.29, 0.717) is 34.7 Å². The SMILES string of the molecule is N[C@H]1C[C@H](COc2cc3cc[nH]c(=O)c3cc2Cl)C1. The minimum Gasteiger partial charge on any atom is -0.492 e. The fourth-order valence-electron chi connectivity index (χ4n) is 2.43. The average Bonchev–Trinajstić information content (AvgIpc) is 2.35. The topological polar surface area (TPSA) is 68.1 Å². The highest BCUT2D eigenvalue weighted by Crippen LogP contribution is 2.31. The van der Waals surface area contributed by atoms with Crippen molar-refractivity contribution < 1.29 is 4.74 Å². The Balaban J connectivity index is 1.83. The lowest BCUT2D eigenvalue weighted by molar-refractivity contribution is 0.160. The Morgan fingerprint density at radius 1 is 1.42 bits per heavy atom. The van der Waals surface area contributed by atoms with Crippen LogP contribution in [0.2, 0.25) is 5.02 Å². The van der Waals surface area contributed by atoms with Gasteiger partial charge in [-0.05, 0) is 42.3 Å². The first-order valence-electron chi connectivity index (χ1n) is 6.33. The smallest absolute Gasteiger partial charge is 0.255 e. The maximum atomic E-state index is 11.6. The van der Waals surface area contributed by atoms with Crippen molar-refractivity contribution in [2.75, 3.05) is 6.61 Å². The number of ether oxygens (including phenoxy) is 1. The molecule has 2 aromatic rings. The highest BCUT2D eigenvalue weighted by molar-refractivity contribution is 6.32. The van der Waals surface area contributed by atoms with Gasteiger partial charge in [-0.3, -0.25) is 4.79 Å². The largest absolute Gasteiger partial charge is 0.492 e. The van der Waals surface area contributed by atoms with Crippen LogP contribution in [0.3, 0.4) is 0 Å². The molecule has 1 aliphatic carbocycles. The van der Waals surface area contributed by atoms with Gasteiger partial charge >= 0.3 is 0 Å². The Morgan fingerprint density at radius 3 is 2.95 bits per heavy atom. The van der Waals surface area contributed by atoms with Gasteiger partial charge in [-0.1, -0.05) is 11.6 Å². The molecule has 3 N–H and O–H groups in total. The van der Waals surface area contributed by atoms with Gasteiger partial charge in [-0.2, -0.15) is 0 Å². The lowest BCUT2D eigenvalue weighted by Crippen LogP contribution is -2.39. The number of rotatable bonds is 3. The minimum absolute atomic E-state index is 0.143. The third-order valence-corrected chi connectivity index (χ3v) is 3.87. The van der Waals surface area contributed by atoms with E-state index in [0.717, 1.165) is 18.2 Å². The van der Waals surface area contributed by atoms with Gasteiger partial charge < -0.3 is 15.5 Å². The van der Waals surface area contributed by atoms with Crippen molar-refractivity contribution in [2.45, 2.75) is 18.9 Å². The molecule has 0 unspecified atom stereocenters. The Morgan fingerprint density at radius 2 is 2.21 bits per heavy atom. The second kappa shape index (κ2) is 4.87. The van der Waals surface area contributed by atoms with Crippen molar-refractivity contribution in [2.24, 2.45) is 11.7 Å². The molecule has 1 aliphatic rings. The van der Waals surface area contributed by atoms with Crippen LogP contribution < -0.4 is 16.0 Å².